The highest BCUT2D eigenvalue weighted by atomic mass is 16.2. The summed E-state index contributed by atoms with van der Waals surface area (Å²) in [4.78, 5) is 18.8. The Labute approximate surface area is 144 Å². The lowest BCUT2D eigenvalue weighted by Gasteiger charge is -2.20. The summed E-state index contributed by atoms with van der Waals surface area (Å²) >= 11 is 0. The van der Waals surface area contributed by atoms with E-state index in [2.05, 4.69) is 24.1 Å². The van der Waals surface area contributed by atoms with Crippen molar-refractivity contribution < 1.29 is 4.79 Å². The highest BCUT2D eigenvalue weighted by molar-refractivity contribution is 5.92. The van der Waals surface area contributed by atoms with Gasteiger partial charge in [-0.25, -0.2) is 4.98 Å². The number of pyridine rings is 1. The van der Waals surface area contributed by atoms with Gasteiger partial charge in [0, 0.05) is 19.6 Å². The lowest BCUT2D eigenvalue weighted by atomic mass is 10.1. The molecule has 0 aliphatic rings. The molecular formula is C20H27N3O. The lowest BCUT2D eigenvalue weighted by Crippen LogP contribution is -2.30. The van der Waals surface area contributed by atoms with Crippen LogP contribution in [0.4, 0.5) is 5.69 Å². The Balaban J connectivity index is 1.97. The van der Waals surface area contributed by atoms with Gasteiger partial charge in [-0.2, -0.15) is 0 Å². The first-order chi connectivity index (χ1) is 11.6. The van der Waals surface area contributed by atoms with E-state index in [1.54, 1.807) is 12.3 Å². The van der Waals surface area contributed by atoms with E-state index < -0.39 is 0 Å². The van der Waals surface area contributed by atoms with E-state index >= 15 is 0 Å². The molecule has 0 saturated carbocycles. The minimum absolute atomic E-state index is 0.0323. The van der Waals surface area contributed by atoms with Crippen LogP contribution in [0.15, 0.2) is 48.7 Å². The van der Waals surface area contributed by atoms with Crippen molar-refractivity contribution in [1.29, 1.82) is 0 Å². The van der Waals surface area contributed by atoms with Gasteiger partial charge < -0.3 is 10.2 Å². The molecule has 0 aliphatic heterocycles. The molecule has 1 aromatic heterocycles. The second-order valence-corrected chi connectivity index (χ2v) is 6.35. The van der Waals surface area contributed by atoms with Gasteiger partial charge in [0.1, 0.15) is 5.69 Å². The van der Waals surface area contributed by atoms with Gasteiger partial charge in [-0.15, -0.1) is 0 Å². The Morgan fingerprint density at radius 1 is 1.17 bits per heavy atom. The zero-order valence-corrected chi connectivity index (χ0v) is 14.8. The number of hydrogen-bond acceptors (Lipinski definition) is 3. The van der Waals surface area contributed by atoms with Crippen LogP contribution in [0.5, 0.6) is 0 Å². The maximum absolute atomic E-state index is 12.6. The number of hydrogen-bond donors (Lipinski definition) is 1. The number of benzene rings is 1. The van der Waals surface area contributed by atoms with Gasteiger partial charge in [0.05, 0.1) is 11.9 Å². The maximum atomic E-state index is 12.6. The van der Waals surface area contributed by atoms with Crippen molar-refractivity contribution in [3.63, 3.8) is 0 Å². The molecule has 4 nitrogen and oxygen atoms in total. The van der Waals surface area contributed by atoms with Gasteiger partial charge in [-0.1, -0.05) is 44.2 Å². The lowest BCUT2D eigenvalue weighted by molar-refractivity contribution is 0.0746. The number of amides is 1. The van der Waals surface area contributed by atoms with Gasteiger partial charge in [0.25, 0.3) is 5.91 Å². The van der Waals surface area contributed by atoms with E-state index in [4.69, 9.17) is 0 Å². The van der Waals surface area contributed by atoms with Gasteiger partial charge in [-0.3, -0.25) is 4.79 Å². The van der Waals surface area contributed by atoms with Crippen LogP contribution >= 0.6 is 0 Å². The molecular weight excluding hydrogens is 298 g/mol. The molecule has 0 atom stereocenters. The van der Waals surface area contributed by atoms with Crippen molar-refractivity contribution in [1.82, 2.24) is 9.88 Å². The van der Waals surface area contributed by atoms with Gasteiger partial charge >= 0.3 is 0 Å². The molecule has 0 aliphatic carbocycles. The molecule has 1 N–H and O–H groups in total. The Kier molecular flexibility index (Phi) is 6.79. The van der Waals surface area contributed by atoms with Gasteiger partial charge in [0.2, 0.25) is 0 Å². The molecule has 1 amide bonds. The standard InChI is InChI=1S/C20H27N3O/c1-4-23(15-17-8-6-5-7-9-17)20(24)19-11-10-18(14-22-19)21-13-12-16(2)3/h5-11,14,16,21H,4,12-13,15H2,1-3H3. The predicted molar refractivity (Wildman–Crippen MR) is 99.0 cm³/mol. The molecule has 1 heterocycles. The second kappa shape index (κ2) is 9.06. The topological polar surface area (TPSA) is 45.2 Å². The number of anilines is 1. The molecule has 0 saturated heterocycles. The first kappa shape index (κ1) is 18.0. The first-order valence-electron chi connectivity index (χ1n) is 8.63. The van der Waals surface area contributed by atoms with Crippen LogP contribution in [0.2, 0.25) is 0 Å². The monoisotopic (exact) mass is 325 g/mol. The minimum Gasteiger partial charge on any atom is -0.384 e. The van der Waals surface area contributed by atoms with Gasteiger partial charge in [-0.05, 0) is 37.0 Å². The molecule has 2 aromatic rings. The van der Waals surface area contributed by atoms with Crippen molar-refractivity contribution in [2.24, 2.45) is 5.92 Å². The van der Waals surface area contributed by atoms with E-state index in [-0.39, 0.29) is 5.91 Å². The van der Waals surface area contributed by atoms with Crippen molar-refractivity contribution in [2.45, 2.75) is 33.7 Å². The van der Waals surface area contributed by atoms with E-state index in [1.807, 2.05) is 48.2 Å². The highest BCUT2D eigenvalue weighted by Crippen LogP contribution is 2.12. The second-order valence-electron chi connectivity index (χ2n) is 6.35. The third-order valence-electron chi connectivity index (χ3n) is 3.92. The third-order valence-corrected chi connectivity index (χ3v) is 3.92. The summed E-state index contributed by atoms with van der Waals surface area (Å²) in [5.41, 5.74) is 2.57. The predicted octanol–water partition coefficient (Wildman–Crippen LogP) is 4.20. The summed E-state index contributed by atoms with van der Waals surface area (Å²) in [6.45, 7) is 8.57. The molecule has 1 aromatic carbocycles. The SMILES string of the molecule is CCN(Cc1ccccc1)C(=O)c1ccc(NCCC(C)C)cn1. The normalized spacial score (nSPS) is 10.7. The minimum atomic E-state index is -0.0323. The fourth-order valence-electron chi connectivity index (χ4n) is 2.42. The summed E-state index contributed by atoms with van der Waals surface area (Å²) in [6, 6.07) is 13.8. The molecule has 0 fully saturated rings. The average Bonchev–Trinajstić information content (AvgIpc) is 2.60. The molecule has 0 radical (unpaired) electrons. The van der Waals surface area contributed by atoms with Crippen LogP contribution < -0.4 is 5.32 Å². The van der Waals surface area contributed by atoms with E-state index in [9.17, 15) is 4.79 Å². The summed E-state index contributed by atoms with van der Waals surface area (Å²) in [5, 5.41) is 3.34. The van der Waals surface area contributed by atoms with Crippen molar-refractivity contribution in [3.8, 4) is 0 Å². The molecule has 0 bridgehead atoms. The van der Waals surface area contributed by atoms with Crippen molar-refractivity contribution >= 4 is 11.6 Å². The molecule has 2 rings (SSSR count). The van der Waals surface area contributed by atoms with Gasteiger partial charge in [0.15, 0.2) is 0 Å². The summed E-state index contributed by atoms with van der Waals surface area (Å²) < 4.78 is 0. The number of nitrogens with one attached hydrogen (secondary N) is 1. The molecule has 0 unspecified atom stereocenters. The van der Waals surface area contributed by atoms with Crippen LogP contribution in [0, 0.1) is 5.92 Å². The number of nitrogens with zero attached hydrogens (tertiary/aromatic N) is 2. The van der Waals surface area contributed by atoms with Crippen molar-refractivity contribution in [2.75, 3.05) is 18.4 Å². The van der Waals surface area contributed by atoms with Crippen LogP contribution in [0.1, 0.15) is 43.2 Å². The quantitative estimate of drug-likeness (QED) is 0.791. The number of carbonyl (C=O) groups is 1. The van der Waals surface area contributed by atoms with Crippen LogP contribution in [-0.4, -0.2) is 28.9 Å². The Morgan fingerprint density at radius 3 is 2.50 bits per heavy atom. The number of carbonyl (C=O) groups excluding carboxylic acids is 1. The van der Waals surface area contributed by atoms with E-state index in [0.29, 0.717) is 24.7 Å². The summed E-state index contributed by atoms with van der Waals surface area (Å²) in [7, 11) is 0. The first-order valence-corrected chi connectivity index (χ1v) is 8.63. The number of aromatic nitrogens is 1. The fourth-order valence-corrected chi connectivity index (χ4v) is 2.42. The average molecular weight is 325 g/mol. The largest absolute Gasteiger partial charge is 0.384 e. The summed E-state index contributed by atoms with van der Waals surface area (Å²) in [5.74, 6) is 0.637. The highest BCUT2D eigenvalue weighted by Gasteiger charge is 2.15. The molecule has 128 valence electrons. The zero-order chi connectivity index (χ0) is 17.4. The van der Waals surface area contributed by atoms with Crippen LogP contribution in [0.25, 0.3) is 0 Å². The molecule has 24 heavy (non-hydrogen) atoms. The molecule has 0 spiro atoms. The smallest absolute Gasteiger partial charge is 0.272 e. The Morgan fingerprint density at radius 2 is 1.92 bits per heavy atom. The third kappa shape index (κ3) is 5.37. The van der Waals surface area contributed by atoms with Crippen LogP contribution in [-0.2, 0) is 6.54 Å². The van der Waals surface area contributed by atoms with Crippen LogP contribution in [0.3, 0.4) is 0 Å². The Hall–Kier alpha value is -2.36. The fraction of sp³-hybridized carbons (Fsp3) is 0.400. The van der Waals surface area contributed by atoms with E-state index in [1.165, 1.54) is 0 Å². The van der Waals surface area contributed by atoms with Crippen molar-refractivity contribution in [3.05, 3.63) is 59.9 Å². The Bertz CT molecular complexity index is 623. The summed E-state index contributed by atoms with van der Waals surface area (Å²) in [6.07, 6.45) is 2.85. The molecule has 4 heteroatoms. The maximum Gasteiger partial charge on any atom is 0.272 e. The van der Waals surface area contributed by atoms with E-state index in [0.717, 1.165) is 24.2 Å². The number of rotatable bonds is 8. The zero-order valence-electron chi connectivity index (χ0n) is 14.8.